The van der Waals surface area contributed by atoms with E-state index in [1.807, 2.05) is 12.2 Å². The first-order valence-electron chi connectivity index (χ1n) is 6.25. The highest BCUT2D eigenvalue weighted by Crippen LogP contribution is 2.00. The lowest BCUT2D eigenvalue weighted by molar-refractivity contribution is 0.922. The number of aryl methyl sites for hydroxylation is 1. The zero-order chi connectivity index (χ0) is 12.9. The Bertz CT molecular complexity index is 330. The van der Waals surface area contributed by atoms with Crippen LogP contribution in [0.3, 0.4) is 0 Å². The standard InChI is InChI=1S/C9H12.C8H12/c1-2-6-9-7-4-3-5-8-9;1-4-6-7-8(3)5-2/h3-5,7-8H,2,6H2,1H3;4,6-7H,1,3,5H2,2H3/b;7-6-. The summed E-state index contributed by atoms with van der Waals surface area (Å²) in [4.78, 5) is 0. The number of allylic oxidation sites excluding steroid dienone is 4. The van der Waals surface area contributed by atoms with Crippen molar-refractivity contribution in [2.24, 2.45) is 0 Å². The van der Waals surface area contributed by atoms with E-state index in [2.05, 4.69) is 57.3 Å². The Hall–Kier alpha value is -1.56. The maximum absolute atomic E-state index is 3.78. The van der Waals surface area contributed by atoms with E-state index in [1.54, 1.807) is 6.08 Å². The van der Waals surface area contributed by atoms with Gasteiger partial charge in [0.1, 0.15) is 0 Å². The van der Waals surface area contributed by atoms with Crippen LogP contribution >= 0.6 is 0 Å². The molecule has 0 aliphatic rings. The predicted octanol–water partition coefficient (Wildman–Crippen LogP) is 5.33. The van der Waals surface area contributed by atoms with Crippen LogP contribution in [0, 0.1) is 0 Å². The summed E-state index contributed by atoms with van der Waals surface area (Å²) in [5.41, 5.74) is 2.59. The van der Waals surface area contributed by atoms with Gasteiger partial charge in [-0.1, -0.05) is 87.6 Å². The zero-order valence-electron chi connectivity index (χ0n) is 11.2. The van der Waals surface area contributed by atoms with E-state index in [4.69, 9.17) is 0 Å². The van der Waals surface area contributed by atoms with Gasteiger partial charge in [0, 0.05) is 0 Å². The van der Waals surface area contributed by atoms with Crippen molar-refractivity contribution >= 4 is 0 Å². The normalized spacial score (nSPS) is 9.53. The first-order valence-corrected chi connectivity index (χ1v) is 6.25. The van der Waals surface area contributed by atoms with Crippen LogP contribution in [0.1, 0.15) is 32.3 Å². The Morgan fingerprint density at radius 2 is 1.82 bits per heavy atom. The van der Waals surface area contributed by atoms with Crippen LogP contribution in [-0.4, -0.2) is 0 Å². The molecular formula is C17H24. The molecule has 0 heterocycles. The summed E-state index contributed by atoms with van der Waals surface area (Å²) < 4.78 is 0. The molecule has 0 amide bonds. The molecule has 0 spiro atoms. The quantitative estimate of drug-likeness (QED) is 0.597. The van der Waals surface area contributed by atoms with Gasteiger partial charge in [-0.25, -0.2) is 0 Å². The van der Waals surface area contributed by atoms with Crippen LogP contribution in [0.15, 0.2) is 67.3 Å². The maximum atomic E-state index is 3.78. The highest BCUT2D eigenvalue weighted by atomic mass is 13.9. The average molecular weight is 228 g/mol. The largest absolute Gasteiger partial charge is 0.0991 e. The molecule has 92 valence electrons. The monoisotopic (exact) mass is 228 g/mol. The number of hydrogen-bond acceptors (Lipinski definition) is 0. The Labute approximate surface area is 106 Å². The first kappa shape index (κ1) is 15.4. The van der Waals surface area contributed by atoms with Crippen LogP contribution in [-0.2, 0) is 6.42 Å². The Kier molecular flexibility index (Phi) is 9.94. The van der Waals surface area contributed by atoms with Gasteiger partial charge in [0.15, 0.2) is 0 Å². The third kappa shape index (κ3) is 9.37. The third-order valence-electron chi connectivity index (χ3n) is 2.30. The molecule has 1 rings (SSSR count). The van der Waals surface area contributed by atoms with Crippen molar-refractivity contribution < 1.29 is 0 Å². The highest BCUT2D eigenvalue weighted by Gasteiger charge is 1.84. The van der Waals surface area contributed by atoms with E-state index < -0.39 is 0 Å². The highest BCUT2D eigenvalue weighted by molar-refractivity contribution is 5.17. The summed E-state index contributed by atoms with van der Waals surface area (Å²) in [7, 11) is 0. The minimum atomic E-state index is 1.02. The van der Waals surface area contributed by atoms with Crippen LogP contribution < -0.4 is 0 Å². The first-order chi connectivity index (χ1) is 8.24. The number of hydrogen-bond donors (Lipinski definition) is 0. The van der Waals surface area contributed by atoms with Crippen molar-refractivity contribution in [3.8, 4) is 0 Å². The fourth-order valence-corrected chi connectivity index (χ4v) is 1.26. The SMILES string of the molecule is C=C/C=C\C(=C)CC.CCCc1ccccc1. The van der Waals surface area contributed by atoms with E-state index in [9.17, 15) is 0 Å². The van der Waals surface area contributed by atoms with Crippen molar-refractivity contribution in [1.29, 1.82) is 0 Å². The third-order valence-corrected chi connectivity index (χ3v) is 2.30. The molecule has 0 nitrogen and oxygen atoms in total. The van der Waals surface area contributed by atoms with Crippen LogP contribution in [0.25, 0.3) is 0 Å². The molecule has 0 bridgehead atoms. The van der Waals surface area contributed by atoms with Crippen molar-refractivity contribution in [3.63, 3.8) is 0 Å². The Morgan fingerprint density at radius 3 is 2.29 bits per heavy atom. The zero-order valence-corrected chi connectivity index (χ0v) is 11.2. The van der Waals surface area contributed by atoms with E-state index in [1.165, 1.54) is 18.4 Å². The molecule has 0 aliphatic heterocycles. The van der Waals surface area contributed by atoms with E-state index in [-0.39, 0.29) is 0 Å². The van der Waals surface area contributed by atoms with Gasteiger partial charge in [0.25, 0.3) is 0 Å². The fraction of sp³-hybridized carbons (Fsp3) is 0.294. The van der Waals surface area contributed by atoms with Crippen molar-refractivity contribution in [1.82, 2.24) is 0 Å². The van der Waals surface area contributed by atoms with Gasteiger partial charge in [-0.15, -0.1) is 0 Å². The molecule has 1 aromatic carbocycles. The Balaban J connectivity index is 0.000000304. The van der Waals surface area contributed by atoms with Crippen LogP contribution in [0.2, 0.25) is 0 Å². The summed E-state index contributed by atoms with van der Waals surface area (Å²) in [6.45, 7) is 11.6. The average Bonchev–Trinajstić information content (AvgIpc) is 2.38. The van der Waals surface area contributed by atoms with Gasteiger partial charge >= 0.3 is 0 Å². The Morgan fingerprint density at radius 1 is 1.18 bits per heavy atom. The van der Waals surface area contributed by atoms with Gasteiger partial charge in [0.05, 0.1) is 0 Å². The molecule has 0 heteroatoms. The van der Waals surface area contributed by atoms with Gasteiger partial charge in [-0.3, -0.25) is 0 Å². The van der Waals surface area contributed by atoms with Crippen LogP contribution in [0.5, 0.6) is 0 Å². The molecule has 0 saturated heterocycles. The van der Waals surface area contributed by atoms with E-state index >= 15 is 0 Å². The molecule has 0 aromatic heterocycles. The van der Waals surface area contributed by atoms with E-state index in [0.29, 0.717) is 0 Å². The smallest absolute Gasteiger partial charge is 0.0281 e. The number of benzene rings is 1. The molecular weight excluding hydrogens is 204 g/mol. The molecule has 0 aliphatic carbocycles. The van der Waals surface area contributed by atoms with Gasteiger partial charge in [0.2, 0.25) is 0 Å². The molecule has 1 aromatic rings. The lowest BCUT2D eigenvalue weighted by Crippen LogP contribution is -1.78. The summed E-state index contributed by atoms with van der Waals surface area (Å²) in [6, 6.07) is 10.6. The van der Waals surface area contributed by atoms with Crippen molar-refractivity contribution in [3.05, 3.63) is 72.9 Å². The maximum Gasteiger partial charge on any atom is -0.0281 e. The summed E-state index contributed by atoms with van der Waals surface area (Å²) in [5.74, 6) is 0. The molecule has 0 unspecified atom stereocenters. The lowest BCUT2D eigenvalue weighted by Gasteiger charge is -1.93. The molecule has 0 saturated carbocycles. The summed E-state index contributed by atoms with van der Waals surface area (Å²) in [5, 5.41) is 0. The minimum absolute atomic E-state index is 1.02. The predicted molar refractivity (Wildman–Crippen MR) is 79.2 cm³/mol. The molecule has 0 N–H and O–H groups in total. The molecule has 0 fully saturated rings. The summed E-state index contributed by atoms with van der Waals surface area (Å²) >= 11 is 0. The van der Waals surface area contributed by atoms with Crippen molar-refractivity contribution in [2.45, 2.75) is 33.1 Å². The van der Waals surface area contributed by atoms with Gasteiger partial charge in [-0.05, 0) is 18.4 Å². The topological polar surface area (TPSA) is 0 Å². The second-order valence-corrected chi connectivity index (χ2v) is 3.84. The van der Waals surface area contributed by atoms with Crippen molar-refractivity contribution in [2.75, 3.05) is 0 Å². The van der Waals surface area contributed by atoms with Gasteiger partial charge < -0.3 is 0 Å². The van der Waals surface area contributed by atoms with Gasteiger partial charge in [-0.2, -0.15) is 0 Å². The molecule has 17 heavy (non-hydrogen) atoms. The second-order valence-electron chi connectivity index (χ2n) is 3.84. The summed E-state index contributed by atoms with van der Waals surface area (Å²) in [6.07, 6.45) is 9.08. The molecule has 0 radical (unpaired) electrons. The lowest BCUT2D eigenvalue weighted by atomic mass is 10.1. The minimum Gasteiger partial charge on any atom is -0.0991 e. The molecule has 0 atom stereocenters. The fourth-order valence-electron chi connectivity index (χ4n) is 1.26. The van der Waals surface area contributed by atoms with E-state index in [0.717, 1.165) is 12.0 Å². The number of rotatable bonds is 5. The second kappa shape index (κ2) is 10.9. The van der Waals surface area contributed by atoms with Crippen LogP contribution in [0.4, 0.5) is 0 Å².